The fourth-order valence-electron chi connectivity index (χ4n) is 4.22. The summed E-state index contributed by atoms with van der Waals surface area (Å²) in [5, 5.41) is 0. The first-order valence-electron chi connectivity index (χ1n) is 13.8. The quantitative estimate of drug-likeness (QED) is 0.356. The second kappa shape index (κ2) is 26.4. The molecule has 5 nitrogen and oxygen atoms in total. The average Bonchev–Trinajstić information content (AvgIpc) is 3.30. The topological polar surface area (TPSA) is 22.2 Å². The second-order valence-corrected chi connectivity index (χ2v) is 11.9. The molecule has 0 amide bonds. The second-order valence-electron chi connectivity index (χ2n) is 10.9. The lowest BCUT2D eigenvalue weighted by atomic mass is 10.1. The first-order chi connectivity index (χ1) is 15.7. The number of nitrogens with zero attached hydrogens (tertiary/aromatic N) is 4. The summed E-state index contributed by atoms with van der Waals surface area (Å²) in [5.74, 6) is 2.58. The monoisotopic (exact) mass is 551 g/mol. The molecule has 37 heavy (non-hydrogen) atoms. The van der Waals surface area contributed by atoms with Crippen LogP contribution in [0.25, 0.3) is 0 Å². The van der Waals surface area contributed by atoms with Crippen LogP contribution >= 0.6 is 11.8 Å². The Morgan fingerprint density at radius 1 is 0.459 bits per heavy atom. The SMILES string of the molecule is C.C.C.C.CC(C)N1CCC1.CC(C)N1CCCCC1.CC(C)N1CCOCC1.CC(C)N1CCSC1. The minimum Gasteiger partial charge on any atom is -0.379 e. The molecule has 4 rings (SSSR count). The maximum absolute atomic E-state index is 5.21. The molecule has 0 aromatic rings. The first kappa shape index (κ1) is 44.2. The zero-order valence-electron chi connectivity index (χ0n) is 23.5. The molecule has 0 atom stereocenters. The predicted molar refractivity (Wildman–Crippen MR) is 176 cm³/mol. The third-order valence-corrected chi connectivity index (χ3v) is 8.01. The summed E-state index contributed by atoms with van der Waals surface area (Å²) < 4.78 is 5.21. The maximum Gasteiger partial charge on any atom is 0.0594 e. The van der Waals surface area contributed by atoms with Crippen LogP contribution in [-0.2, 0) is 4.74 Å². The van der Waals surface area contributed by atoms with Crippen molar-refractivity contribution in [2.75, 3.05) is 70.7 Å². The van der Waals surface area contributed by atoms with Crippen molar-refractivity contribution in [1.82, 2.24) is 19.6 Å². The summed E-state index contributed by atoms with van der Waals surface area (Å²) in [7, 11) is 0. The largest absolute Gasteiger partial charge is 0.379 e. The molecule has 6 heteroatoms. The van der Waals surface area contributed by atoms with Crippen LogP contribution in [-0.4, -0.2) is 114 Å². The van der Waals surface area contributed by atoms with Crippen molar-refractivity contribution in [2.24, 2.45) is 0 Å². The minimum atomic E-state index is 0. The number of rotatable bonds is 4. The van der Waals surface area contributed by atoms with Gasteiger partial charge in [-0.2, -0.15) is 0 Å². The van der Waals surface area contributed by atoms with Crippen LogP contribution in [0.15, 0.2) is 0 Å². The fourth-order valence-corrected chi connectivity index (χ4v) is 5.38. The number of hydrogen-bond acceptors (Lipinski definition) is 6. The van der Waals surface area contributed by atoms with Gasteiger partial charge in [-0.3, -0.25) is 9.80 Å². The van der Waals surface area contributed by atoms with Crippen LogP contribution in [0.5, 0.6) is 0 Å². The van der Waals surface area contributed by atoms with Crippen LogP contribution in [0.3, 0.4) is 0 Å². The third kappa shape index (κ3) is 20.7. The van der Waals surface area contributed by atoms with E-state index in [1.54, 1.807) is 0 Å². The molecule has 4 fully saturated rings. The Morgan fingerprint density at radius 2 is 0.838 bits per heavy atom. The first-order valence-corrected chi connectivity index (χ1v) is 15.0. The molecule has 0 radical (unpaired) electrons. The van der Waals surface area contributed by atoms with Crippen LogP contribution in [0.4, 0.5) is 0 Å². The van der Waals surface area contributed by atoms with E-state index in [1.807, 2.05) is 11.8 Å². The van der Waals surface area contributed by atoms with E-state index in [0.717, 1.165) is 44.4 Å². The Balaban J connectivity index is -0.000000190. The summed E-state index contributed by atoms with van der Waals surface area (Å²) in [6.07, 6.45) is 5.69. The van der Waals surface area contributed by atoms with E-state index in [2.05, 4.69) is 75.0 Å². The van der Waals surface area contributed by atoms with Crippen molar-refractivity contribution < 1.29 is 4.74 Å². The van der Waals surface area contributed by atoms with Crippen LogP contribution in [0.2, 0.25) is 0 Å². The lowest BCUT2D eigenvalue weighted by Gasteiger charge is -2.34. The van der Waals surface area contributed by atoms with Crippen molar-refractivity contribution >= 4 is 11.8 Å². The van der Waals surface area contributed by atoms with E-state index in [4.69, 9.17) is 4.74 Å². The lowest BCUT2D eigenvalue weighted by molar-refractivity contribution is 0.0238. The molecule has 0 unspecified atom stereocenters. The van der Waals surface area contributed by atoms with Gasteiger partial charge in [0, 0.05) is 55.4 Å². The van der Waals surface area contributed by atoms with Crippen molar-refractivity contribution in [2.45, 2.75) is 135 Å². The highest BCUT2D eigenvalue weighted by atomic mass is 32.2. The summed E-state index contributed by atoms with van der Waals surface area (Å²) in [6, 6.07) is 3.00. The van der Waals surface area contributed by atoms with Crippen molar-refractivity contribution in [3.05, 3.63) is 0 Å². The van der Waals surface area contributed by atoms with Gasteiger partial charge in [0.15, 0.2) is 0 Å². The Labute approximate surface area is 241 Å². The van der Waals surface area contributed by atoms with E-state index >= 15 is 0 Å². The molecule has 0 bridgehead atoms. The molecular formula is C31H74N4OS. The van der Waals surface area contributed by atoms with Gasteiger partial charge < -0.3 is 14.5 Å². The number of ether oxygens (including phenoxy) is 1. The van der Waals surface area contributed by atoms with E-state index in [0.29, 0.717) is 6.04 Å². The van der Waals surface area contributed by atoms with Gasteiger partial charge in [-0.15, -0.1) is 11.8 Å². The van der Waals surface area contributed by atoms with E-state index in [9.17, 15) is 0 Å². The number of likely N-dealkylation sites (tertiary alicyclic amines) is 2. The summed E-state index contributed by atoms with van der Waals surface area (Å²) in [4.78, 5) is 9.96. The average molecular weight is 551 g/mol. The maximum atomic E-state index is 5.21. The van der Waals surface area contributed by atoms with Gasteiger partial charge in [-0.05, 0) is 101 Å². The zero-order valence-corrected chi connectivity index (χ0v) is 24.3. The molecule has 0 saturated carbocycles. The smallest absolute Gasteiger partial charge is 0.0594 e. The van der Waals surface area contributed by atoms with Gasteiger partial charge in [0.2, 0.25) is 0 Å². The highest BCUT2D eigenvalue weighted by Gasteiger charge is 2.16. The van der Waals surface area contributed by atoms with Crippen LogP contribution < -0.4 is 0 Å². The highest BCUT2D eigenvalue weighted by molar-refractivity contribution is 7.99. The molecule has 0 aromatic carbocycles. The Bertz CT molecular complexity index is 418. The van der Waals surface area contributed by atoms with Gasteiger partial charge in [-0.25, -0.2) is 0 Å². The van der Waals surface area contributed by atoms with Crippen molar-refractivity contribution in [1.29, 1.82) is 0 Å². The van der Waals surface area contributed by atoms with E-state index in [1.165, 1.54) is 70.0 Å². The third-order valence-electron chi connectivity index (χ3n) is 7.03. The summed E-state index contributed by atoms with van der Waals surface area (Å²) >= 11 is 2.04. The molecule has 4 heterocycles. The molecule has 4 saturated heterocycles. The van der Waals surface area contributed by atoms with Gasteiger partial charge in [0.05, 0.1) is 13.2 Å². The Kier molecular flexibility index (Phi) is 31.5. The normalized spacial score (nSPS) is 20.4. The predicted octanol–water partition coefficient (Wildman–Crippen LogP) is 7.65. The highest BCUT2D eigenvalue weighted by Crippen LogP contribution is 2.15. The van der Waals surface area contributed by atoms with Crippen molar-refractivity contribution in [3.8, 4) is 0 Å². The van der Waals surface area contributed by atoms with Gasteiger partial charge >= 0.3 is 0 Å². The van der Waals surface area contributed by atoms with Gasteiger partial charge in [-0.1, -0.05) is 36.1 Å². The number of morpholine rings is 1. The van der Waals surface area contributed by atoms with Crippen molar-refractivity contribution in [3.63, 3.8) is 0 Å². The Hall–Kier alpha value is 0.150. The molecule has 4 aliphatic rings. The molecular weight excluding hydrogens is 476 g/mol. The van der Waals surface area contributed by atoms with E-state index in [-0.39, 0.29) is 29.7 Å². The molecule has 4 aliphatic heterocycles. The minimum absolute atomic E-state index is 0. The van der Waals surface area contributed by atoms with Gasteiger partial charge in [0.25, 0.3) is 0 Å². The molecule has 0 aromatic heterocycles. The zero-order chi connectivity index (χ0) is 24.6. The fraction of sp³-hybridized carbons (Fsp3) is 1.00. The molecule has 0 aliphatic carbocycles. The van der Waals surface area contributed by atoms with E-state index < -0.39 is 0 Å². The Morgan fingerprint density at radius 3 is 1.05 bits per heavy atom. The summed E-state index contributed by atoms with van der Waals surface area (Å²) in [5.41, 5.74) is 0. The standard InChI is InChI=1S/C8H17N.C7H15NO.C6H13NS.C6H13N.4CH4/c1-8(2)9-6-4-3-5-7-9;1-7(2)8-3-5-9-6-4-8;1-6(2)7-3-4-8-5-7;1-6(2)7-4-3-5-7;;;;/h8H,3-7H2,1-2H3;7H,3-6H2,1-2H3;6H,3-5H2,1-2H3;6H,3-5H2,1-2H3;4*1H4. The van der Waals surface area contributed by atoms with Crippen LogP contribution in [0.1, 0.15) is 111 Å². The lowest BCUT2D eigenvalue weighted by Crippen LogP contribution is -2.41. The number of piperidine rings is 1. The molecule has 0 spiro atoms. The summed E-state index contributed by atoms with van der Waals surface area (Å²) in [6.45, 7) is 28.7. The molecule has 0 N–H and O–H groups in total. The van der Waals surface area contributed by atoms with Gasteiger partial charge in [0.1, 0.15) is 0 Å². The van der Waals surface area contributed by atoms with Crippen LogP contribution in [0, 0.1) is 0 Å². The molecule has 230 valence electrons. The number of thioether (sulfide) groups is 1. The number of hydrogen-bond donors (Lipinski definition) is 0.